The summed E-state index contributed by atoms with van der Waals surface area (Å²) in [5.74, 6) is -6.66. The minimum atomic E-state index is -1.62. The zero-order valence-electron chi connectivity index (χ0n) is 40.7. The maximum absolute atomic E-state index is 13.4. The molecule has 2 aromatic rings. The zero-order valence-corrected chi connectivity index (χ0v) is 40.7. The molecule has 4 fully saturated rings. The molecular formula is C48H69BN8O12. The van der Waals surface area contributed by atoms with Gasteiger partial charge in [0.25, 0.3) is 5.91 Å². The standard InChI is InChI=1S/C48H69BN8O12/c1-9-10-11-29-12-14-30(15-13-29)31-16-18-32(19-17-31)43(64)56-35(24-58)45(66)52-25(2)41(62)51-23-39(61)57-40(27(4)59)46(67)53-26(3)42(63)55-34(22-38(50)60)44(65)54-28(5)49-68-37-21-33-20-36(47(33,6)7)48(37,8)69-49/h12-19,25-28,33-37,40,58-59H,9-11,20-24H2,1-8H3,(H2,50,60)(H,51,62)(H,52,66)(H,53,67)(H,54,65)(H,55,63)(H,56,64)(H,57,61)/t25-,26+,27?,28+,33?,34+,35-,36+,37?,40?,48+/m1/s1. The summed E-state index contributed by atoms with van der Waals surface area (Å²) in [6.07, 6.45) is 2.88. The lowest BCUT2D eigenvalue weighted by molar-refractivity contribution is -0.199. The monoisotopic (exact) mass is 961 g/mol. The van der Waals surface area contributed by atoms with Gasteiger partial charge in [-0.05, 0) is 106 Å². The summed E-state index contributed by atoms with van der Waals surface area (Å²) in [5.41, 5.74) is 8.32. The fourth-order valence-corrected chi connectivity index (χ4v) is 9.41. The Kier molecular flexibility index (Phi) is 18.1. The normalized spacial score (nSPS) is 22.9. The number of carbonyl (C=O) groups excluding carboxylic acids is 8. The molecule has 0 aromatic heterocycles. The van der Waals surface area contributed by atoms with Crippen molar-refractivity contribution in [3.05, 3.63) is 59.7 Å². The number of nitrogens with one attached hydrogen (secondary N) is 7. The third-order valence-corrected chi connectivity index (χ3v) is 13.9. The van der Waals surface area contributed by atoms with Gasteiger partial charge in [-0.15, -0.1) is 0 Å². The number of hydrogen-bond acceptors (Lipinski definition) is 12. The van der Waals surface area contributed by atoms with Crippen LogP contribution in [0.25, 0.3) is 11.1 Å². The summed E-state index contributed by atoms with van der Waals surface area (Å²) in [5, 5.41) is 37.2. The number of nitrogens with two attached hydrogens (primary N) is 1. The van der Waals surface area contributed by atoms with Crippen molar-refractivity contribution in [1.29, 1.82) is 0 Å². The Balaban J connectivity index is 1.05. The second-order valence-electron chi connectivity index (χ2n) is 19.4. The molecule has 11 atom stereocenters. The van der Waals surface area contributed by atoms with E-state index in [1.54, 1.807) is 31.2 Å². The van der Waals surface area contributed by atoms with Crippen LogP contribution in [0.4, 0.5) is 0 Å². The van der Waals surface area contributed by atoms with E-state index in [-0.39, 0.29) is 23.0 Å². The SMILES string of the molecule is CCCCc1ccc(-c2ccc(C(=O)N[C@H](CO)C(=O)N[C@H](C)C(=O)NCC(=O)NC(C(=O)N[C@@H](C)C(=O)N[C@@H](CC(N)=O)C(=O)N[C@@H](C)B3OC4CC5C[C@@H](C5(C)C)[C@]4(C)O3)C(C)O)cc2)cc1. The quantitative estimate of drug-likeness (QED) is 0.0654. The van der Waals surface area contributed by atoms with Crippen LogP contribution in [0.1, 0.15) is 103 Å². The van der Waals surface area contributed by atoms with E-state index in [4.69, 9.17) is 15.0 Å². The van der Waals surface area contributed by atoms with Gasteiger partial charge in [-0.2, -0.15) is 0 Å². The van der Waals surface area contributed by atoms with Gasteiger partial charge in [0, 0.05) is 5.56 Å². The molecule has 2 bridgehead atoms. The summed E-state index contributed by atoms with van der Waals surface area (Å²) < 4.78 is 12.7. The predicted octanol–water partition coefficient (Wildman–Crippen LogP) is -0.0895. The zero-order chi connectivity index (χ0) is 51.0. The number of primary amides is 1. The van der Waals surface area contributed by atoms with Crippen LogP contribution in [0.2, 0.25) is 0 Å². The van der Waals surface area contributed by atoms with Crippen molar-refractivity contribution in [2.24, 2.45) is 23.0 Å². The molecule has 1 aliphatic heterocycles. The Labute approximate surface area is 403 Å². The molecule has 2 aromatic carbocycles. The molecule has 376 valence electrons. The fraction of sp³-hybridized carbons (Fsp3) is 0.583. The number of unbranched alkanes of at least 4 members (excludes halogenated alkanes) is 1. The summed E-state index contributed by atoms with van der Waals surface area (Å²) in [7, 11) is -0.780. The maximum Gasteiger partial charge on any atom is 0.481 e. The second kappa shape index (κ2) is 23.1. The number of hydrogen-bond donors (Lipinski definition) is 10. The van der Waals surface area contributed by atoms with Crippen molar-refractivity contribution >= 4 is 54.4 Å². The van der Waals surface area contributed by atoms with Gasteiger partial charge >= 0.3 is 7.12 Å². The molecular weight excluding hydrogens is 891 g/mol. The molecule has 20 nitrogen and oxygen atoms in total. The maximum atomic E-state index is 13.4. The molecule has 3 saturated carbocycles. The first-order valence-corrected chi connectivity index (χ1v) is 23.7. The van der Waals surface area contributed by atoms with E-state index in [2.05, 4.69) is 70.1 Å². The van der Waals surface area contributed by atoms with Crippen LogP contribution in [0.3, 0.4) is 0 Å². The van der Waals surface area contributed by atoms with Crippen LogP contribution < -0.4 is 43.0 Å². The summed E-state index contributed by atoms with van der Waals surface area (Å²) in [6, 6.07) is 7.82. The van der Waals surface area contributed by atoms with Gasteiger partial charge in [-0.25, -0.2) is 0 Å². The lowest BCUT2D eigenvalue weighted by Crippen LogP contribution is -2.65. The third-order valence-electron chi connectivity index (χ3n) is 13.9. The van der Waals surface area contributed by atoms with E-state index < -0.39 is 122 Å². The topological polar surface area (TPSA) is 306 Å². The average Bonchev–Trinajstić information content (AvgIpc) is 3.68. The molecule has 4 unspecified atom stereocenters. The Morgan fingerprint density at radius 2 is 1.35 bits per heavy atom. The molecule has 21 heteroatoms. The van der Waals surface area contributed by atoms with Crippen molar-refractivity contribution < 1.29 is 57.9 Å². The largest absolute Gasteiger partial charge is 0.481 e. The molecule has 1 saturated heterocycles. The van der Waals surface area contributed by atoms with E-state index in [9.17, 15) is 48.6 Å². The Morgan fingerprint density at radius 3 is 1.93 bits per heavy atom. The van der Waals surface area contributed by atoms with Gasteiger partial charge in [-0.3, -0.25) is 38.4 Å². The first-order chi connectivity index (χ1) is 32.5. The number of rotatable bonds is 23. The molecule has 6 rings (SSSR count). The Morgan fingerprint density at radius 1 is 0.754 bits per heavy atom. The van der Waals surface area contributed by atoms with Crippen molar-refractivity contribution in [2.45, 2.75) is 148 Å². The van der Waals surface area contributed by atoms with Crippen molar-refractivity contribution in [3.8, 4) is 11.1 Å². The number of aliphatic hydroxyl groups is 2. The third kappa shape index (κ3) is 13.3. The van der Waals surface area contributed by atoms with Crippen LogP contribution >= 0.6 is 0 Å². The smallest absolute Gasteiger partial charge is 0.404 e. The number of carbonyl (C=O) groups is 8. The number of amides is 8. The average molecular weight is 961 g/mol. The highest BCUT2D eigenvalue weighted by Crippen LogP contribution is 2.65. The highest BCUT2D eigenvalue weighted by molar-refractivity contribution is 6.47. The van der Waals surface area contributed by atoms with Gasteiger partial charge < -0.3 is 62.5 Å². The number of aryl methyl sites for hydroxylation is 1. The lowest BCUT2D eigenvalue weighted by atomic mass is 9.43. The minimum absolute atomic E-state index is 0.104. The minimum Gasteiger partial charge on any atom is -0.404 e. The highest BCUT2D eigenvalue weighted by Gasteiger charge is 2.68. The van der Waals surface area contributed by atoms with E-state index in [1.807, 2.05) is 19.1 Å². The number of aliphatic hydroxyl groups excluding tert-OH is 2. The first-order valence-electron chi connectivity index (χ1n) is 23.7. The van der Waals surface area contributed by atoms with Crippen molar-refractivity contribution in [1.82, 2.24) is 37.2 Å². The molecule has 1 heterocycles. The summed E-state index contributed by atoms with van der Waals surface area (Å²) in [6.45, 7) is 12.6. The number of benzene rings is 2. The Bertz CT molecular complexity index is 2210. The Hall–Kier alpha value is -5.90. The van der Waals surface area contributed by atoms with Gasteiger partial charge in [0.2, 0.25) is 41.4 Å². The van der Waals surface area contributed by atoms with Gasteiger partial charge in [0.15, 0.2) is 0 Å². The van der Waals surface area contributed by atoms with Gasteiger partial charge in [-0.1, -0.05) is 63.6 Å². The van der Waals surface area contributed by atoms with E-state index >= 15 is 0 Å². The second-order valence-corrected chi connectivity index (χ2v) is 19.4. The van der Waals surface area contributed by atoms with Crippen LogP contribution in [-0.4, -0.2) is 132 Å². The van der Waals surface area contributed by atoms with Gasteiger partial charge in [0.1, 0.15) is 30.2 Å². The van der Waals surface area contributed by atoms with E-state index in [0.29, 0.717) is 5.92 Å². The molecule has 11 N–H and O–H groups in total. The fourth-order valence-electron chi connectivity index (χ4n) is 9.41. The van der Waals surface area contributed by atoms with Crippen molar-refractivity contribution in [2.75, 3.05) is 13.2 Å². The molecule has 4 aliphatic rings. The molecule has 8 amide bonds. The van der Waals surface area contributed by atoms with E-state index in [1.165, 1.54) is 26.3 Å². The van der Waals surface area contributed by atoms with Crippen molar-refractivity contribution in [3.63, 3.8) is 0 Å². The van der Waals surface area contributed by atoms with Crippen LogP contribution in [-0.2, 0) is 49.3 Å². The van der Waals surface area contributed by atoms with Crippen LogP contribution in [0.15, 0.2) is 48.5 Å². The summed E-state index contributed by atoms with van der Waals surface area (Å²) in [4.78, 5) is 104. The molecule has 69 heavy (non-hydrogen) atoms. The van der Waals surface area contributed by atoms with Crippen LogP contribution in [0.5, 0.6) is 0 Å². The van der Waals surface area contributed by atoms with Crippen LogP contribution in [0, 0.1) is 17.3 Å². The molecule has 3 aliphatic carbocycles. The lowest BCUT2D eigenvalue weighted by Gasteiger charge is -2.64. The highest BCUT2D eigenvalue weighted by atomic mass is 16.7. The predicted molar refractivity (Wildman–Crippen MR) is 254 cm³/mol. The molecule has 0 spiro atoms. The van der Waals surface area contributed by atoms with Gasteiger partial charge in [0.05, 0.1) is 43.3 Å². The molecule has 0 radical (unpaired) electrons. The summed E-state index contributed by atoms with van der Waals surface area (Å²) >= 11 is 0. The van der Waals surface area contributed by atoms with E-state index in [0.717, 1.165) is 43.2 Å². The first kappa shape index (κ1) is 54.1.